The Morgan fingerprint density at radius 3 is 2.68 bits per heavy atom. The Morgan fingerprint density at radius 2 is 2.09 bits per heavy atom. The van der Waals surface area contributed by atoms with Gasteiger partial charge in [0.1, 0.15) is 11.4 Å². The predicted octanol–water partition coefficient (Wildman–Crippen LogP) is 2.70. The van der Waals surface area contributed by atoms with Crippen LogP contribution >= 0.6 is 24.0 Å². The van der Waals surface area contributed by atoms with E-state index in [9.17, 15) is 9.50 Å². The van der Waals surface area contributed by atoms with Gasteiger partial charge in [-0.3, -0.25) is 0 Å². The van der Waals surface area contributed by atoms with E-state index in [0.29, 0.717) is 17.4 Å². The Morgan fingerprint density at radius 1 is 1.45 bits per heavy atom. The van der Waals surface area contributed by atoms with Crippen molar-refractivity contribution in [3.05, 3.63) is 35.6 Å². The van der Waals surface area contributed by atoms with Gasteiger partial charge in [0.2, 0.25) is 0 Å². The Hall–Kier alpha value is -0.890. The summed E-state index contributed by atoms with van der Waals surface area (Å²) in [7, 11) is 0. The molecule has 22 heavy (non-hydrogen) atoms. The number of nitrogens with zero attached hydrogens (tertiary/aromatic N) is 2. The van der Waals surface area contributed by atoms with Crippen LogP contribution < -0.4 is 5.73 Å². The van der Waals surface area contributed by atoms with Crippen LogP contribution in [0.5, 0.6) is 0 Å². The molecule has 124 valence electrons. The topological polar surface area (TPSA) is 61.8 Å². The summed E-state index contributed by atoms with van der Waals surface area (Å²) in [6.07, 6.45) is 2.34. The van der Waals surface area contributed by atoms with E-state index in [1.54, 1.807) is 19.1 Å². The molecule has 1 aliphatic heterocycles. The van der Waals surface area contributed by atoms with Crippen LogP contribution in [0.1, 0.15) is 32.3 Å². The summed E-state index contributed by atoms with van der Waals surface area (Å²) < 4.78 is 12.9. The first-order chi connectivity index (χ1) is 9.88. The largest absolute Gasteiger partial charge is 0.384 e. The Labute approximate surface area is 148 Å². The number of aliphatic imine (C=N–C) groups is 1. The highest BCUT2D eigenvalue weighted by molar-refractivity contribution is 14.0. The standard InChI is InChI=1S/C16H24FN3O.HI/c1-12-4-3-9-20(10-12)15(18)19-11-16(2,21)13-5-7-14(17)8-6-13;/h5-8,12,21H,3-4,9-11H2,1-2H3,(H2,18,19);1H. The molecule has 0 saturated carbocycles. The highest BCUT2D eigenvalue weighted by atomic mass is 127. The van der Waals surface area contributed by atoms with Gasteiger partial charge < -0.3 is 15.7 Å². The minimum Gasteiger partial charge on any atom is -0.384 e. The SMILES string of the molecule is CC1CCCN(C(N)=NCC(C)(O)c2ccc(F)cc2)C1.I. The van der Waals surface area contributed by atoms with Gasteiger partial charge in [0, 0.05) is 13.1 Å². The maximum absolute atomic E-state index is 12.9. The Balaban J connectivity index is 0.00000242. The van der Waals surface area contributed by atoms with Crippen molar-refractivity contribution in [1.29, 1.82) is 0 Å². The van der Waals surface area contributed by atoms with E-state index in [1.165, 1.54) is 18.6 Å². The molecule has 1 heterocycles. The summed E-state index contributed by atoms with van der Waals surface area (Å²) in [5, 5.41) is 10.5. The van der Waals surface area contributed by atoms with Crippen molar-refractivity contribution in [1.82, 2.24) is 4.90 Å². The number of piperidine rings is 1. The number of benzene rings is 1. The van der Waals surface area contributed by atoms with Gasteiger partial charge >= 0.3 is 0 Å². The van der Waals surface area contributed by atoms with Gasteiger partial charge in [0.05, 0.1) is 6.54 Å². The third-order valence-corrected chi connectivity index (χ3v) is 4.00. The smallest absolute Gasteiger partial charge is 0.191 e. The van der Waals surface area contributed by atoms with Gasteiger partial charge in [0.25, 0.3) is 0 Å². The summed E-state index contributed by atoms with van der Waals surface area (Å²) >= 11 is 0. The first kappa shape index (κ1) is 19.2. The summed E-state index contributed by atoms with van der Waals surface area (Å²) in [5.41, 5.74) is 5.50. The van der Waals surface area contributed by atoms with Crippen molar-refractivity contribution in [2.45, 2.75) is 32.3 Å². The van der Waals surface area contributed by atoms with Crippen molar-refractivity contribution < 1.29 is 9.50 Å². The van der Waals surface area contributed by atoms with Crippen molar-refractivity contribution in [3.63, 3.8) is 0 Å². The summed E-state index contributed by atoms with van der Waals surface area (Å²) in [6, 6.07) is 5.82. The maximum Gasteiger partial charge on any atom is 0.191 e. The van der Waals surface area contributed by atoms with Crippen LogP contribution in [-0.4, -0.2) is 35.6 Å². The van der Waals surface area contributed by atoms with Gasteiger partial charge in [-0.05, 0) is 43.4 Å². The molecule has 2 unspecified atom stereocenters. The van der Waals surface area contributed by atoms with E-state index in [2.05, 4.69) is 16.8 Å². The monoisotopic (exact) mass is 421 g/mol. The lowest BCUT2D eigenvalue weighted by atomic mass is 9.96. The quantitative estimate of drug-likeness (QED) is 0.448. The normalized spacial score (nSPS) is 21.9. The summed E-state index contributed by atoms with van der Waals surface area (Å²) in [5.74, 6) is 0.772. The first-order valence-electron chi connectivity index (χ1n) is 7.42. The van der Waals surface area contributed by atoms with Crippen LogP contribution in [0.4, 0.5) is 4.39 Å². The van der Waals surface area contributed by atoms with Crippen molar-refractivity contribution in [2.24, 2.45) is 16.6 Å². The van der Waals surface area contributed by atoms with Crippen molar-refractivity contribution >= 4 is 29.9 Å². The molecule has 1 aromatic rings. The number of hydrogen-bond donors (Lipinski definition) is 2. The van der Waals surface area contributed by atoms with Crippen LogP contribution in [0.2, 0.25) is 0 Å². The molecular formula is C16H25FIN3O. The average Bonchev–Trinajstić information content (AvgIpc) is 2.45. The van der Waals surface area contributed by atoms with Crippen LogP contribution in [-0.2, 0) is 5.60 Å². The fraction of sp³-hybridized carbons (Fsp3) is 0.562. The molecule has 0 aliphatic carbocycles. The zero-order valence-electron chi connectivity index (χ0n) is 13.1. The second-order valence-corrected chi connectivity index (χ2v) is 6.15. The molecule has 2 atom stereocenters. The van der Waals surface area contributed by atoms with Crippen molar-refractivity contribution in [2.75, 3.05) is 19.6 Å². The van der Waals surface area contributed by atoms with Gasteiger partial charge in [-0.15, -0.1) is 24.0 Å². The number of aliphatic hydroxyl groups is 1. The lowest BCUT2D eigenvalue weighted by Gasteiger charge is -2.32. The van der Waals surface area contributed by atoms with Gasteiger partial charge in [0.15, 0.2) is 5.96 Å². The van der Waals surface area contributed by atoms with Gasteiger partial charge in [-0.25, -0.2) is 9.38 Å². The molecule has 0 spiro atoms. The molecule has 6 heteroatoms. The summed E-state index contributed by atoms with van der Waals surface area (Å²) in [4.78, 5) is 6.39. The van der Waals surface area contributed by atoms with E-state index in [0.717, 1.165) is 19.5 Å². The highest BCUT2D eigenvalue weighted by Gasteiger charge is 2.24. The second-order valence-electron chi connectivity index (χ2n) is 6.15. The molecule has 3 N–H and O–H groups in total. The minimum absolute atomic E-state index is 0. The molecule has 1 fully saturated rings. The third-order valence-electron chi connectivity index (χ3n) is 4.00. The maximum atomic E-state index is 12.9. The molecule has 0 aromatic heterocycles. The lowest BCUT2D eigenvalue weighted by molar-refractivity contribution is 0.0669. The van der Waals surface area contributed by atoms with Crippen molar-refractivity contribution in [3.8, 4) is 0 Å². The molecule has 4 nitrogen and oxygen atoms in total. The highest BCUT2D eigenvalue weighted by Crippen LogP contribution is 2.21. The number of halogens is 2. The van der Waals surface area contributed by atoms with Crippen LogP contribution in [0.3, 0.4) is 0 Å². The molecule has 0 amide bonds. The van der Waals surface area contributed by atoms with E-state index in [4.69, 9.17) is 5.73 Å². The van der Waals surface area contributed by atoms with E-state index in [-0.39, 0.29) is 36.3 Å². The molecule has 2 rings (SSSR count). The Bertz CT molecular complexity index is 505. The number of nitrogens with two attached hydrogens (primary N) is 1. The fourth-order valence-electron chi connectivity index (χ4n) is 2.63. The molecule has 1 aromatic carbocycles. The second kappa shape index (κ2) is 8.10. The molecular weight excluding hydrogens is 396 g/mol. The predicted molar refractivity (Wildman–Crippen MR) is 97.8 cm³/mol. The fourth-order valence-corrected chi connectivity index (χ4v) is 2.63. The van der Waals surface area contributed by atoms with Crippen LogP contribution in [0.25, 0.3) is 0 Å². The lowest BCUT2D eigenvalue weighted by Crippen LogP contribution is -2.44. The van der Waals surface area contributed by atoms with Gasteiger partial charge in [-0.2, -0.15) is 0 Å². The summed E-state index contributed by atoms with van der Waals surface area (Å²) in [6.45, 7) is 5.85. The molecule has 0 radical (unpaired) electrons. The molecule has 1 saturated heterocycles. The Kier molecular flexibility index (Phi) is 7.05. The molecule has 1 aliphatic rings. The first-order valence-corrected chi connectivity index (χ1v) is 7.42. The third kappa shape index (κ3) is 5.08. The average molecular weight is 421 g/mol. The zero-order valence-corrected chi connectivity index (χ0v) is 15.5. The number of rotatable bonds is 3. The van der Waals surface area contributed by atoms with Gasteiger partial charge in [-0.1, -0.05) is 19.1 Å². The van der Waals surface area contributed by atoms with Crippen LogP contribution in [0, 0.1) is 11.7 Å². The number of guanidine groups is 1. The van der Waals surface area contributed by atoms with E-state index < -0.39 is 5.60 Å². The zero-order chi connectivity index (χ0) is 15.5. The van der Waals surface area contributed by atoms with E-state index >= 15 is 0 Å². The molecule has 0 bridgehead atoms. The van der Waals surface area contributed by atoms with E-state index in [1.807, 2.05) is 0 Å². The number of likely N-dealkylation sites (tertiary alicyclic amines) is 1. The van der Waals surface area contributed by atoms with Crippen LogP contribution in [0.15, 0.2) is 29.3 Å². The minimum atomic E-state index is -1.15. The number of hydrogen-bond acceptors (Lipinski definition) is 2.